The summed E-state index contributed by atoms with van der Waals surface area (Å²) in [6.45, 7) is -3.08. The van der Waals surface area contributed by atoms with Gasteiger partial charge in [0.05, 0.1) is 0 Å². The summed E-state index contributed by atoms with van der Waals surface area (Å²) in [4.78, 5) is 34.3. The molecule has 0 amide bonds. The molecule has 0 fully saturated rings. The standard InChI is InChI=1S/C32H20F4N2O8/c1-15-17(5-3-7-23(15)43-29(39)19-9-21-27(41-13-37-21)11-25(19)45-31(33)34)18-6-4-8-24(16(18)2)44-30(40)20-10-22-28(42-14-38-22)12-26(20)46-32(35)36/h3-14,31-32H,1-2H3. The molecule has 10 nitrogen and oxygen atoms in total. The van der Waals surface area contributed by atoms with Gasteiger partial charge >= 0.3 is 25.2 Å². The first-order valence-electron chi connectivity index (χ1n) is 13.4. The number of fused-ring (bicyclic) bond motifs is 2. The van der Waals surface area contributed by atoms with Crippen LogP contribution in [-0.2, 0) is 0 Å². The monoisotopic (exact) mass is 636 g/mol. The highest BCUT2D eigenvalue weighted by atomic mass is 19.3. The van der Waals surface area contributed by atoms with Gasteiger partial charge in [0.2, 0.25) is 0 Å². The van der Waals surface area contributed by atoms with E-state index in [0.717, 1.165) is 24.9 Å². The Balaban J connectivity index is 1.29. The minimum absolute atomic E-state index is 0.113. The van der Waals surface area contributed by atoms with E-state index in [4.69, 9.17) is 18.3 Å². The van der Waals surface area contributed by atoms with E-state index in [2.05, 4.69) is 19.4 Å². The Kier molecular flexibility index (Phi) is 8.01. The van der Waals surface area contributed by atoms with Crippen molar-refractivity contribution in [1.29, 1.82) is 0 Å². The van der Waals surface area contributed by atoms with E-state index >= 15 is 0 Å². The molecule has 2 aromatic heterocycles. The van der Waals surface area contributed by atoms with E-state index in [1.165, 1.54) is 24.3 Å². The molecule has 0 aliphatic rings. The normalized spacial score (nSPS) is 11.4. The topological polar surface area (TPSA) is 123 Å². The lowest BCUT2D eigenvalue weighted by Crippen LogP contribution is -2.14. The van der Waals surface area contributed by atoms with E-state index in [9.17, 15) is 27.2 Å². The number of esters is 2. The van der Waals surface area contributed by atoms with E-state index in [-0.39, 0.29) is 44.8 Å². The number of nitrogens with zero attached hydrogens (tertiary/aromatic N) is 2. The van der Waals surface area contributed by atoms with Crippen molar-refractivity contribution in [3.05, 3.63) is 95.7 Å². The summed E-state index contributed by atoms with van der Waals surface area (Å²) in [7, 11) is 0. The Hall–Kier alpha value is -5.92. The van der Waals surface area contributed by atoms with Crippen LogP contribution in [0.5, 0.6) is 23.0 Å². The fourth-order valence-electron chi connectivity index (χ4n) is 4.82. The molecule has 0 saturated heterocycles. The average Bonchev–Trinajstić information content (AvgIpc) is 3.67. The zero-order chi connectivity index (χ0) is 32.5. The highest BCUT2D eigenvalue weighted by Crippen LogP contribution is 2.37. The molecule has 4 aromatic carbocycles. The molecule has 0 aliphatic heterocycles. The van der Waals surface area contributed by atoms with Crippen molar-refractivity contribution in [2.45, 2.75) is 27.1 Å². The highest BCUT2D eigenvalue weighted by Gasteiger charge is 2.24. The predicted octanol–water partition coefficient (Wildman–Crippen LogP) is 7.89. The number of hydrogen-bond donors (Lipinski definition) is 0. The lowest BCUT2D eigenvalue weighted by Gasteiger charge is -2.16. The summed E-state index contributed by atoms with van der Waals surface area (Å²) in [5, 5.41) is 0. The number of halogens is 4. The van der Waals surface area contributed by atoms with Gasteiger partial charge < -0.3 is 27.8 Å². The van der Waals surface area contributed by atoms with Gasteiger partial charge in [0.25, 0.3) is 0 Å². The first-order valence-corrected chi connectivity index (χ1v) is 13.4. The van der Waals surface area contributed by atoms with Crippen LogP contribution in [0.15, 0.2) is 82.3 Å². The van der Waals surface area contributed by atoms with E-state index in [0.29, 0.717) is 22.3 Å². The van der Waals surface area contributed by atoms with Crippen LogP contribution in [0.4, 0.5) is 17.6 Å². The number of benzene rings is 4. The third-order valence-electron chi connectivity index (χ3n) is 7.00. The Morgan fingerprint density at radius 2 is 1.04 bits per heavy atom. The molecular weight excluding hydrogens is 616 g/mol. The van der Waals surface area contributed by atoms with Crippen LogP contribution < -0.4 is 18.9 Å². The number of hydrogen-bond acceptors (Lipinski definition) is 10. The van der Waals surface area contributed by atoms with Crippen molar-refractivity contribution >= 4 is 34.1 Å². The number of ether oxygens (including phenoxy) is 4. The fraction of sp³-hybridized carbons (Fsp3) is 0.125. The van der Waals surface area contributed by atoms with Gasteiger partial charge in [0.1, 0.15) is 45.2 Å². The summed E-state index contributed by atoms with van der Waals surface area (Å²) in [5.41, 5.74) is 2.30. The molecule has 0 radical (unpaired) electrons. The molecule has 234 valence electrons. The maximum absolute atomic E-state index is 13.2. The van der Waals surface area contributed by atoms with Gasteiger partial charge in [-0.05, 0) is 60.4 Å². The zero-order valence-corrected chi connectivity index (χ0v) is 23.8. The number of alkyl halides is 4. The highest BCUT2D eigenvalue weighted by molar-refractivity contribution is 5.99. The second-order valence-electron chi connectivity index (χ2n) is 9.73. The van der Waals surface area contributed by atoms with Gasteiger partial charge in [-0.2, -0.15) is 17.6 Å². The molecule has 0 atom stereocenters. The van der Waals surface area contributed by atoms with Crippen LogP contribution >= 0.6 is 0 Å². The molecular formula is C32H20F4N2O8. The molecule has 0 saturated carbocycles. The molecule has 0 aliphatic carbocycles. The van der Waals surface area contributed by atoms with Crippen LogP contribution in [0.2, 0.25) is 0 Å². The summed E-state index contributed by atoms with van der Waals surface area (Å²) in [5.74, 6) is -2.64. The molecule has 0 unspecified atom stereocenters. The molecule has 0 spiro atoms. The third-order valence-corrected chi connectivity index (χ3v) is 7.00. The maximum Gasteiger partial charge on any atom is 0.387 e. The molecule has 2 heterocycles. The summed E-state index contributed by atoms with van der Waals surface area (Å²) in [6.07, 6.45) is 2.19. The molecule has 0 N–H and O–H groups in total. The van der Waals surface area contributed by atoms with Gasteiger partial charge in [-0.1, -0.05) is 24.3 Å². The maximum atomic E-state index is 13.2. The third kappa shape index (κ3) is 5.92. The van der Waals surface area contributed by atoms with Gasteiger partial charge in [0.15, 0.2) is 24.0 Å². The van der Waals surface area contributed by atoms with Crippen molar-refractivity contribution in [3.8, 4) is 34.1 Å². The van der Waals surface area contributed by atoms with E-state index in [1.807, 2.05) is 0 Å². The Morgan fingerprint density at radius 3 is 1.43 bits per heavy atom. The Bertz CT molecular complexity index is 1960. The van der Waals surface area contributed by atoms with Gasteiger partial charge in [-0.3, -0.25) is 0 Å². The van der Waals surface area contributed by atoms with Crippen LogP contribution in [-0.4, -0.2) is 35.1 Å². The fourth-order valence-corrected chi connectivity index (χ4v) is 4.82. The number of aromatic nitrogens is 2. The Labute approximate surface area is 256 Å². The molecule has 6 aromatic rings. The second kappa shape index (κ2) is 12.2. The SMILES string of the molecule is Cc1c(OC(=O)c2cc3ncoc3cc2OC(F)F)cccc1-c1cccc(OC(=O)c2cc3ncoc3cc2OC(F)F)c1C. The summed E-state index contributed by atoms with van der Waals surface area (Å²) < 4.78 is 82.9. The average molecular weight is 637 g/mol. The number of carbonyl (C=O) groups excluding carboxylic acids is 2. The smallest absolute Gasteiger partial charge is 0.387 e. The van der Waals surface area contributed by atoms with Crippen molar-refractivity contribution in [2.75, 3.05) is 0 Å². The van der Waals surface area contributed by atoms with Crippen LogP contribution in [0, 0.1) is 13.8 Å². The molecule has 14 heteroatoms. The van der Waals surface area contributed by atoms with Crippen LogP contribution in [0.1, 0.15) is 31.8 Å². The van der Waals surface area contributed by atoms with Crippen molar-refractivity contribution in [1.82, 2.24) is 9.97 Å². The lowest BCUT2D eigenvalue weighted by molar-refractivity contribution is -0.0510. The molecule has 46 heavy (non-hydrogen) atoms. The molecule has 6 rings (SSSR count). The minimum Gasteiger partial charge on any atom is -0.443 e. The molecule has 0 bridgehead atoms. The van der Waals surface area contributed by atoms with E-state index < -0.39 is 36.7 Å². The van der Waals surface area contributed by atoms with Gasteiger partial charge in [0, 0.05) is 12.1 Å². The first kappa shape index (κ1) is 30.1. The first-order chi connectivity index (χ1) is 22.1. The largest absolute Gasteiger partial charge is 0.443 e. The number of carbonyl (C=O) groups is 2. The van der Waals surface area contributed by atoms with Crippen LogP contribution in [0.25, 0.3) is 33.3 Å². The quantitative estimate of drug-likeness (QED) is 0.0879. The van der Waals surface area contributed by atoms with Crippen molar-refractivity contribution in [3.63, 3.8) is 0 Å². The predicted molar refractivity (Wildman–Crippen MR) is 153 cm³/mol. The second-order valence-corrected chi connectivity index (χ2v) is 9.73. The van der Waals surface area contributed by atoms with Crippen molar-refractivity contribution < 1.29 is 54.9 Å². The summed E-state index contributed by atoms with van der Waals surface area (Å²) >= 11 is 0. The van der Waals surface area contributed by atoms with Gasteiger partial charge in [-0.25, -0.2) is 19.6 Å². The van der Waals surface area contributed by atoms with Crippen LogP contribution in [0.3, 0.4) is 0 Å². The number of rotatable bonds is 9. The lowest BCUT2D eigenvalue weighted by atomic mass is 9.95. The minimum atomic E-state index is -3.21. The Morgan fingerprint density at radius 1 is 0.630 bits per heavy atom. The van der Waals surface area contributed by atoms with Gasteiger partial charge in [-0.15, -0.1) is 0 Å². The number of oxazole rings is 2. The zero-order valence-electron chi connectivity index (χ0n) is 23.8. The van der Waals surface area contributed by atoms with Crippen molar-refractivity contribution in [2.24, 2.45) is 0 Å². The summed E-state index contributed by atoms with van der Waals surface area (Å²) in [6, 6.07) is 14.4. The van der Waals surface area contributed by atoms with E-state index in [1.54, 1.807) is 38.1 Å².